The lowest BCUT2D eigenvalue weighted by molar-refractivity contribution is -0.122. The fraction of sp³-hybridized carbons (Fsp3) is 0.462. The molecular weight excluding hydrogens is 386 g/mol. The summed E-state index contributed by atoms with van der Waals surface area (Å²) in [6.45, 7) is 7.88. The van der Waals surface area contributed by atoms with Crippen LogP contribution in [0, 0.1) is 12.8 Å². The van der Waals surface area contributed by atoms with E-state index >= 15 is 0 Å². The molecule has 1 unspecified atom stereocenters. The van der Waals surface area contributed by atoms with Crippen LogP contribution in [-0.2, 0) is 22.6 Å². The standard InChI is InChI=1S/C26H33N3O2/c1-3-21-9-7-8-19(2)25(21)29-18-22(16-24(29)30)26(31)27-23-12-10-20(11-13-23)17-28-14-5-4-6-15-28/h7-13,22H,3-6,14-18H2,1-2H3,(H,27,31). The molecule has 2 aromatic carbocycles. The van der Waals surface area contributed by atoms with Crippen LogP contribution in [0.2, 0.25) is 0 Å². The Morgan fingerprint density at radius 1 is 1.06 bits per heavy atom. The molecule has 2 fully saturated rings. The minimum Gasteiger partial charge on any atom is -0.326 e. The maximum atomic E-state index is 12.9. The number of carbonyl (C=O) groups is 2. The fourth-order valence-corrected chi connectivity index (χ4v) is 4.80. The van der Waals surface area contributed by atoms with E-state index in [-0.39, 0.29) is 24.2 Å². The summed E-state index contributed by atoms with van der Waals surface area (Å²) in [5.41, 5.74) is 5.28. The van der Waals surface area contributed by atoms with Gasteiger partial charge in [0.1, 0.15) is 0 Å². The molecule has 0 bridgehead atoms. The van der Waals surface area contributed by atoms with E-state index in [0.29, 0.717) is 6.54 Å². The monoisotopic (exact) mass is 419 g/mol. The Kier molecular flexibility index (Phi) is 6.71. The first kappa shape index (κ1) is 21.6. The van der Waals surface area contributed by atoms with E-state index in [1.807, 2.05) is 31.2 Å². The molecule has 164 valence electrons. The summed E-state index contributed by atoms with van der Waals surface area (Å²) in [4.78, 5) is 29.9. The average molecular weight is 420 g/mol. The molecule has 2 heterocycles. The van der Waals surface area contributed by atoms with Crippen molar-refractivity contribution in [3.63, 3.8) is 0 Å². The Bertz CT molecular complexity index is 932. The molecule has 5 heteroatoms. The summed E-state index contributed by atoms with van der Waals surface area (Å²) in [5.74, 6) is -0.378. The van der Waals surface area contributed by atoms with Crippen molar-refractivity contribution in [2.75, 3.05) is 29.9 Å². The van der Waals surface area contributed by atoms with Crippen LogP contribution >= 0.6 is 0 Å². The van der Waals surface area contributed by atoms with Crippen LogP contribution < -0.4 is 10.2 Å². The third-order valence-electron chi connectivity index (χ3n) is 6.54. The van der Waals surface area contributed by atoms with Gasteiger partial charge in [0.05, 0.1) is 5.92 Å². The molecule has 0 radical (unpaired) electrons. The number of carbonyl (C=O) groups excluding carboxylic acids is 2. The predicted octanol–water partition coefficient (Wildman–Crippen LogP) is 4.53. The van der Waals surface area contributed by atoms with Crippen LogP contribution in [-0.4, -0.2) is 36.3 Å². The quantitative estimate of drug-likeness (QED) is 0.748. The maximum Gasteiger partial charge on any atom is 0.229 e. The van der Waals surface area contributed by atoms with E-state index in [4.69, 9.17) is 0 Å². The topological polar surface area (TPSA) is 52.7 Å². The van der Waals surface area contributed by atoms with Gasteiger partial charge in [0.25, 0.3) is 0 Å². The summed E-state index contributed by atoms with van der Waals surface area (Å²) in [6, 6.07) is 14.3. The number of aryl methyl sites for hydroxylation is 2. The molecule has 0 spiro atoms. The van der Waals surface area contributed by atoms with Gasteiger partial charge in [-0.05, 0) is 68.1 Å². The van der Waals surface area contributed by atoms with Gasteiger partial charge in [-0.15, -0.1) is 0 Å². The van der Waals surface area contributed by atoms with Crippen molar-refractivity contribution >= 4 is 23.2 Å². The van der Waals surface area contributed by atoms with Crippen LogP contribution in [0.25, 0.3) is 0 Å². The van der Waals surface area contributed by atoms with Gasteiger partial charge in [-0.2, -0.15) is 0 Å². The van der Waals surface area contributed by atoms with E-state index < -0.39 is 0 Å². The minimum absolute atomic E-state index is 0.0287. The first-order chi connectivity index (χ1) is 15.0. The average Bonchev–Trinajstić information content (AvgIpc) is 3.17. The van der Waals surface area contributed by atoms with Crippen molar-refractivity contribution in [3.05, 3.63) is 59.2 Å². The van der Waals surface area contributed by atoms with Gasteiger partial charge in [-0.1, -0.05) is 43.7 Å². The lowest BCUT2D eigenvalue weighted by Crippen LogP contribution is -2.29. The molecule has 5 nitrogen and oxygen atoms in total. The molecule has 2 aliphatic rings. The Labute approximate surface area is 185 Å². The number of nitrogens with one attached hydrogen (secondary N) is 1. The Hall–Kier alpha value is -2.66. The number of anilines is 2. The molecule has 2 aromatic rings. The molecule has 1 atom stereocenters. The second-order valence-corrected chi connectivity index (χ2v) is 8.86. The van der Waals surface area contributed by atoms with Gasteiger partial charge < -0.3 is 10.2 Å². The highest BCUT2D eigenvalue weighted by Gasteiger charge is 2.36. The Morgan fingerprint density at radius 2 is 1.81 bits per heavy atom. The van der Waals surface area contributed by atoms with Crippen molar-refractivity contribution in [2.45, 2.75) is 52.5 Å². The van der Waals surface area contributed by atoms with Crippen molar-refractivity contribution in [2.24, 2.45) is 5.92 Å². The molecule has 0 saturated carbocycles. The second-order valence-electron chi connectivity index (χ2n) is 8.86. The van der Waals surface area contributed by atoms with Crippen molar-refractivity contribution in [1.29, 1.82) is 0 Å². The largest absolute Gasteiger partial charge is 0.326 e. The summed E-state index contributed by atoms with van der Waals surface area (Å²) in [7, 11) is 0. The van der Waals surface area contributed by atoms with Crippen LogP contribution in [0.15, 0.2) is 42.5 Å². The van der Waals surface area contributed by atoms with Crippen LogP contribution in [0.1, 0.15) is 49.3 Å². The lowest BCUT2D eigenvalue weighted by Gasteiger charge is -2.26. The number of amides is 2. The predicted molar refractivity (Wildman–Crippen MR) is 125 cm³/mol. The number of likely N-dealkylation sites (tertiary alicyclic amines) is 1. The number of hydrogen-bond acceptors (Lipinski definition) is 3. The normalized spacial score (nSPS) is 19.6. The Morgan fingerprint density at radius 3 is 2.52 bits per heavy atom. The van der Waals surface area contributed by atoms with Crippen molar-refractivity contribution < 1.29 is 9.59 Å². The highest BCUT2D eigenvalue weighted by Crippen LogP contribution is 2.32. The molecule has 0 aliphatic carbocycles. The number of rotatable bonds is 6. The number of benzene rings is 2. The minimum atomic E-state index is -0.329. The van der Waals surface area contributed by atoms with Gasteiger partial charge >= 0.3 is 0 Å². The van der Waals surface area contributed by atoms with Gasteiger partial charge in [0.15, 0.2) is 0 Å². The van der Waals surface area contributed by atoms with Gasteiger partial charge in [-0.3, -0.25) is 14.5 Å². The van der Waals surface area contributed by atoms with Crippen LogP contribution in [0.5, 0.6) is 0 Å². The number of hydrogen-bond donors (Lipinski definition) is 1. The molecule has 2 amide bonds. The zero-order valence-electron chi connectivity index (χ0n) is 18.7. The van der Waals surface area contributed by atoms with E-state index in [1.54, 1.807) is 4.90 Å². The lowest BCUT2D eigenvalue weighted by atomic mass is 10.0. The number of piperidine rings is 1. The molecule has 4 rings (SSSR count). The van der Waals surface area contributed by atoms with Crippen molar-refractivity contribution in [1.82, 2.24) is 4.90 Å². The number of para-hydroxylation sites is 1. The van der Waals surface area contributed by atoms with Gasteiger partial charge in [0, 0.05) is 30.9 Å². The van der Waals surface area contributed by atoms with E-state index in [1.165, 1.54) is 37.9 Å². The maximum absolute atomic E-state index is 12.9. The first-order valence-electron chi connectivity index (χ1n) is 11.6. The summed E-state index contributed by atoms with van der Waals surface area (Å²) < 4.78 is 0. The smallest absolute Gasteiger partial charge is 0.229 e. The molecule has 0 aromatic heterocycles. The second kappa shape index (κ2) is 9.65. The van der Waals surface area contributed by atoms with E-state index in [0.717, 1.165) is 35.5 Å². The zero-order chi connectivity index (χ0) is 21.8. The zero-order valence-corrected chi connectivity index (χ0v) is 18.7. The molecule has 1 N–H and O–H groups in total. The van der Waals surface area contributed by atoms with Gasteiger partial charge in [-0.25, -0.2) is 0 Å². The SMILES string of the molecule is CCc1cccc(C)c1N1CC(C(=O)Nc2ccc(CN3CCCCC3)cc2)CC1=O. The molecule has 31 heavy (non-hydrogen) atoms. The summed E-state index contributed by atoms with van der Waals surface area (Å²) in [5, 5.41) is 3.02. The third-order valence-corrected chi connectivity index (χ3v) is 6.54. The summed E-state index contributed by atoms with van der Waals surface area (Å²) in [6.07, 6.45) is 5.03. The first-order valence-corrected chi connectivity index (χ1v) is 11.6. The van der Waals surface area contributed by atoms with E-state index in [2.05, 4.69) is 35.3 Å². The van der Waals surface area contributed by atoms with E-state index in [9.17, 15) is 9.59 Å². The van der Waals surface area contributed by atoms with Crippen molar-refractivity contribution in [3.8, 4) is 0 Å². The highest BCUT2D eigenvalue weighted by atomic mass is 16.2. The van der Waals surface area contributed by atoms with Crippen LogP contribution in [0.4, 0.5) is 11.4 Å². The fourth-order valence-electron chi connectivity index (χ4n) is 4.80. The number of nitrogens with zero attached hydrogens (tertiary/aromatic N) is 2. The third kappa shape index (κ3) is 4.99. The molecule has 2 saturated heterocycles. The highest BCUT2D eigenvalue weighted by molar-refractivity contribution is 6.04. The molecule has 2 aliphatic heterocycles. The Balaban J connectivity index is 1.38. The molecular formula is C26H33N3O2. The van der Waals surface area contributed by atoms with Gasteiger partial charge in [0.2, 0.25) is 11.8 Å². The summed E-state index contributed by atoms with van der Waals surface area (Å²) >= 11 is 0. The van der Waals surface area contributed by atoms with Crippen LogP contribution in [0.3, 0.4) is 0 Å².